The number of benzene rings is 1. The average Bonchev–Trinajstić information content (AvgIpc) is 2.94. The molecule has 0 bridgehead atoms. The molecule has 0 aromatic heterocycles. The van der Waals surface area contributed by atoms with Gasteiger partial charge in [0, 0.05) is 24.5 Å². The van der Waals surface area contributed by atoms with E-state index in [1.54, 1.807) is 24.3 Å². The van der Waals surface area contributed by atoms with Crippen LogP contribution in [-0.2, 0) is 4.79 Å². The zero-order chi connectivity index (χ0) is 18.7. The predicted molar refractivity (Wildman–Crippen MR) is 88.7 cm³/mol. The van der Waals surface area contributed by atoms with Gasteiger partial charge in [-0.3, -0.25) is 4.79 Å². The van der Waals surface area contributed by atoms with Crippen LogP contribution in [0.5, 0.6) is 5.75 Å². The quantitative estimate of drug-likeness (QED) is 0.420. The van der Waals surface area contributed by atoms with Crippen molar-refractivity contribution in [3.63, 3.8) is 0 Å². The molecule has 25 heavy (non-hydrogen) atoms. The maximum absolute atomic E-state index is 11.4. The van der Waals surface area contributed by atoms with Crippen molar-refractivity contribution in [1.29, 1.82) is 21.0 Å². The number of nitriles is 4. The van der Waals surface area contributed by atoms with Crippen LogP contribution >= 0.6 is 23.2 Å². The van der Waals surface area contributed by atoms with Crippen molar-refractivity contribution in [2.45, 2.75) is 13.3 Å². The fourth-order valence-electron chi connectivity index (χ4n) is 2.53. The molecular formula is C17H6Cl2N4O2. The van der Waals surface area contributed by atoms with Crippen LogP contribution in [0.4, 0.5) is 0 Å². The Morgan fingerprint density at radius 3 is 1.88 bits per heavy atom. The topological polar surface area (TPSA) is 121 Å². The third kappa shape index (κ3) is 3.06. The van der Waals surface area contributed by atoms with E-state index in [0.29, 0.717) is 0 Å². The second kappa shape index (κ2) is 7.08. The summed E-state index contributed by atoms with van der Waals surface area (Å²) in [6.07, 6.45) is -0.0590. The fourth-order valence-corrected chi connectivity index (χ4v) is 3.14. The standard InChI is InChI=1S/C17H6Cl2N4O2/c1-8(24)25-17-14(19)3-13(18)15-11(9(4-20)5-21)2-12(16(15)17)10(6-22)7-23/h3H,2H2,1H3. The van der Waals surface area contributed by atoms with Crippen molar-refractivity contribution in [3.8, 4) is 30.0 Å². The van der Waals surface area contributed by atoms with Gasteiger partial charge in [-0.25, -0.2) is 0 Å². The van der Waals surface area contributed by atoms with Crippen LogP contribution < -0.4 is 4.74 Å². The van der Waals surface area contributed by atoms with Crippen molar-refractivity contribution in [2.24, 2.45) is 0 Å². The summed E-state index contributed by atoms with van der Waals surface area (Å²) in [7, 11) is 0. The monoisotopic (exact) mass is 368 g/mol. The molecule has 0 aliphatic heterocycles. The van der Waals surface area contributed by atoms with Gasteiger partial charge in [0.25, 0.3) is 0 Å². The lowest BCUT2D eigenvalue weighted by Crippen LogP contribution is -2.05. The van der Waals surface area contributed by atoms with E-state index in [-0.39, 0.29) is 55.6 Å². The van der Waals surface area contributed by atoms with Crippen molar-refractivity contribution >= 4 is 40.3 Å². The lowest BCUT2D eigenvalue weighted by Gasteiger charge is -2.12. The van der Waals surface area contributed by atoms with Crippen LogP contribution in [-0.4, -0.2) is 5.97 Å². The first-order valence-corrected chi connectivity index (χ1v) is 7.43. The van der Waals surface area contributed by atoms with Gasteiger partial charge in [-0.05, 0) is 17.2 Å². The molecule has 1 aromatic rings. The smallest absolute Gasteiger partial charge is 0.308 e. The summed E-state index contributed by atoms with van der Waals surface area (Å²) >= 11 is 12.3. The fraction of sp³-hybridized carbons (Fsp3) is 0.118. The van der Waals surface area contributed by atoms with Crippen LogP contribution in [0.25, 0.3) is 11.1 Å². The zero-order valence-corrected chi connectivity index (χ0v) is 14.2. The largest absolute Gasteiger partial charge is 0.424 e. The molecule has 0 spiro atoms. The Balaban J connectivity index is 3.06. The van der Waals surface area contributed by atoms with Gasteiger partial charge in [-0.1, -0.05) is 23.2 Å². The number of hydrogen-bond acceptors (Lipinski definition) is 6. The molecule has 8 heteroatoms. The number of halogens is 2. The minimum Gasteiger partial charge on any atom is -0.424 e. The first kappa shape index (κ1) is 18.1. The van der Waals surface area contributed by atoms with Crippen molar-refractivity contribution in [1.82, 2.24) is 0 Å². The maximum Gasteiger partial charge on any atom is 0.308 e. The molecule has 0 saturated carbocycles. The summed E-state index contributed by atoms with van der Waals surface area (Å²) in [4.78, 5) is 11.4. The lowest BCUT2D eigenvalue weighted by atomic mass is 10.0. The highest BCUT2D eigenvalue weighted by atomic mass is 35.5. The molecule has 0 heterocycles. The van der Waals surface area contributed by atoms with Crippen LogP contribution in [0.3, 0.4) is 0 Å². The van der Waals surface area contributed by atoms with E-state index < -0.39 is 5.97 Å². The van der Waals surface area contributed by atoms with Gasteiger partial charge in [-0.15, -0.1) is 0 Å². The molecule has 6 nitrogen and oxygen atoms in total. The van der Waals surface area contributed by atoms with E-state index in [2.05, 4.69) is 0 Å². The number of carbonyl (C=O) groups excluding carboxylic acids is 1. The summed E-state index contributed by atoms with van der Waals surface area (Å²) in [6, 6.07) is 8.35. The highest BCUT2D eigenvalue weighted by Gasteiger charge is 2.34. The van der Waals surface area contributed by atoms with E-state index in [1.165, 1.54) is 6.07 Å². The Hall–Kier alpha value is -3.29. The molecule has 0 amide bonds. The van der Waals surface area contributed by atoms with Gasteiger partial charge in [0.05, 0.1) is 10.0 Å². The number of ether oxygens (including phenoxy) is 1. The third-order valence-electron chi connectivity index (χ3n) is 3.44. The number of allylic oxidation sites excluding steroid dienone is 4. The van der Waals surface area contributed by atoms with Crippen molar-refractivity contribution in [2.75, 3.05) is 0 Å². The van der Waals surface area contributed by atoms with Crippen LogP contribution in [0, 0.1) is 45.3 Å². The SMILES string of the molecule is CC(=O)Oc1c(Cl)cc(Cl)c2c1C(=C(C#N)C#N)CC2=C(C#N)C#N. The maximum atomic E-state index is 11.4. The molecule has 0 unspecified atom stereocenters. The summed E-state index contributed by atoms with van der Waals surface area (Å²) in [5, 5.41) is 36.9. The summed E-state index contributed by atoms with van der Waals surface area (Å²) < 4.78 is 5.14. The van der Waals surface area contributed by atoms with E-state index >= 15 is 0 Å². The van der Waals surface area contributed by atoms with Gasteiger partial charge >= 0.3 is 5.97 Å². The molecule has 0 saturated heterocycles. The molecule has 1 aliphatic rings. The number of carbonyl (C=O) groups is 1. The number of rotatable bonds is 1. The van der Waals surface area contributed by atoms with Gasteiger partial charge in [0.1, 0.15) is 35.4 Å². The average molecular weight is 369 g/mol. The Kier molecular flexibility index (Phi) is 5.11. The summed E-state index contributed by atoms with van der Waals surface area (Å²) in [5.74, 6) is -0.740. The van der Waals surface area contributed by atoms with Crippen molar-refractivity contribution in [3.05, 3.63) is 38.4 Å². The van der Waals surface area contributed by atoms with Crippen LogP contribution in [0.1, 0.15) is 24.5 Å². The number of fused-ring (bicyclic) bond motifs is 1. The van der Waals surface area contributed by atoms with Gasteiger partial charge in [0.2, 0.25) is 0 Å². The summed E-state index contributed by atoms with van der Waals surface area (Å²) in [5.41, 5.74) is 0.386. The zero-order valence-electron chi connectivity index (χ0n) is 12.6. The first-order chi connectivity index (χ1) is 11.9. The van der Waals surface area contributed by atoms with E-state index in [1.807, 2.05) is 0 Å². The number of nitrogens with zero attached hydrogens (tertiary/aromatic N) is 4. The Labute approximate surface area is 153 Å². The number of esters is 1. The molecule has 1 aliphatic carbocycles. The Bertz CT molecular complexity index is 1010. The first-order valence-electron chi connectivity index (χ1n) is 6.67. The van der Waals surface area contributed by atoms with Gasteiger partial charge in [0.15, 0.2) is 5.75 Å². The van der Waals surface area contributed by atoms with Crippen molar-refractivity contribution < 1.29 is 9.53 Å². The normalized spacial score (nSPS) is 11.5. The molecular weight excluding hydrogens is 363 g/mol. The Morgan fingerprint density at radius 1 is 0.960 bits per heavy atom. The molecule has 0 N–H and O–H groups in total. The van der Waals surface area contributed by atoms with Gasteiger partial charge in [-0.2, -0.15) is 21.0 Å². The molecule has 0 fully saturated rings. The van der Waals surface area contributed by atoms with E-state index in [9.17, 15) is 25.8 Å². The third-order valence-corrected chi connectivity index (χ3v) is 4.02. The van der Waals surface area contributed by atoms with Crippen LogP contribution in [0.2, 0.25) is 10.0 Å². The summed E-state index contributed by atoms with van der Waals surface area (Å²) in [6.45, 7) is 1.16. The molecule has 2 rings (SSSR count). The predicted octanol–water partition coefficient (Wildman–Crippen LogP) is 3.92. The van der Waals surface area contributed by atoms with E-state index in [4.69, 9.17) is 27.9 Å². The molecule has 0 atom stereocenters. The molecule has 1 aromatic carbocycles. The molecule has 0 radical (unpaired) electrons. The highest BCUT2D eigenvalue weighted by Crippen LogP contribution is 2.52. The second-order valence-corrected chi connectivity index (χ2v) is 5.66. The minimum absolute atomic E-state index is 0.00314. The second-order valence-electron chi connectivity index (χ2n) is 4.84. The lowest BCUT2D eigenvalue weighted by molar-refractivity contribution is -0.131. The highest BCUT2D eigenvalue weighted by molar-refractivity contribution is 6.38. The Morgan fingerprint density at radius 2 is 1.44 bits per heavy atom. The van der Waals surface area contributed by atoms with E-state index in [0.717, 1.165) is 6.92 Å². The van der Waals surface area contributed by atoms with Gasteiger partial charge < -0.3 is 4.74 Å². The number of hydrogen-bond donors (Lipinski definition) is 0. The minimum atomic E-state index is -0.667. The van der Waals surface area contributed by atoms with Crippen LogP contribution in [0.15, 0.2) is 17.2 Å². The molecule has 120 valence electrons.